The highest BCUT2D eigenvalue weighted by Crippen LogP contribution is 2.44. The molecule has 1 atom stereocenters. The Balaban J connectivity index is 1.90. The number of carbonyl (C=O) groups is 2. The first-order valence-electron chi connectivity index (χ1n) is 10.1. The van der Waals surface area contributed by atoms with Crippen molar-refractivity contribution in [3.05, 3.63) is 106 Å². The van der Waals surface area contributed by atoms with E-state index in [9.17, 15) is 23.1 Å². The molecule has 3 aromatic carbocycles. The average molecular weight is 464 g/mol. The molecule has 168 valence electrons. The van der Waals surface area contributed by atoms with Crippen LogP contribution in [0.25, 0.3) is 0 Å². The van der Waals surface area contributed by atoms with E-state index in [1.54, 1.807) is 54.6 Å². The van der Waals surface area contributed by atoms with Gasteiger partial charge in [-0.3, -0.25) is 9.69 Å². The fraction of sp³-hybridized carbons (Fsp3) is 0.120. The van der Waals surface area contributed by atoms with Crippen LogP contribution in [0.15, 0.2) is 94.4 Å². The summed E-state index contributed by atoms with van der Waals surface area (Å²) >= 11 is 0. The third-order valence-electron chi connectivity index (χ3n) is 5.46. The maximum atomic E-state index is 13.6. The Labute approximate surface area is 191 Å². The molecule has 0 aromatic heterocycles. The minimum Gasteiger partial charge on any atom is -0.502 e. The Hall–Kier alpha value is -3.91. The number of methoxy groups -OCH3 is 1. The first-order valence-corrected chi connectivity index (χ1v) is 11.6. The van der Waals surface area contributed by atoms with E-state index in [1.807, 2.05) is 6.92 Å². The van der Waals surface area contributed by atoms with Gasteiger partial charge in [0.25, 0.3) is 5.91 Å². The highest BCUT2D eigenvalue weighted by Gasteiger charge is 2.47. The number of nitrogens with zero attached hydrogens (tertiary/aromatic N) is 1. The van der Waals surface area contributed by atoms with Gasteiger partial charge in [-0.25, -0.2) is 13.2 Å². The summed E-state index contributed by atoms with van der Waals surface area (Å²) in [6.07, 6.45) is 0. The molecular weight excluding hydrogens is 442 g/mol. The van der Waals surface area contributed by atoms with Gasteiger partial charge in [0, 0.05) is 5.69 Å². The number of aryl methyl sites for hydroxylation is 1. The van der Waals surface area contributed by atoms with E-state index < -0.39 is 38.4 Å². The lowest BCUT2D eigenvalue weighted by atomic mass is 10.0. The lowest BCUT2D eigenvalue weighted by Gasteiger charge is -2.27. The van der Waals surface area contributed by atoms with E-state index in [0.717, 1.165) is 5.56 Å². The summed E-state index contributed by atoms with van der Waals surface area (Å²) in [6, 6.07) is 19.6. The number of benzene rings is 3. The molecule has 4 rings (SSSR count). The van der Waals surface area contributed by atoms with Crippen molar-refractivity contribution < 1.29 is 27.9 Å². The van der Waals surface area contributed by atoms with Crippen LogP contribution in [-0.2, 0) is 19.4 Å². The molecule has 0 aliphatic carbocycles. The number of hydrogen-bond donors (Lipinski definition) is 1. The molecular formula is C25H21NO6S. The summed E-state index contributed by atoms with van der Waals surface area (Å²) in [4.78, 5) is 25.8. The van der Waals surface area contributed by atoms with Gasteiger partial charge < -0.3 is 9.84 Å². The summed E-state index contributed by atoms with van der Waals surface area (Å²) < 4.78 is 31.9. The Bertz CT molecular complexity index is 1340. The lowest BCUT2D eigenvalue weighted by molar-refractivity contribution is -0.117. The second kappa shape index (κ2) is 8.55. The van der Waals surface area contributed by atoms with E-state index in [4.69, 9.17) is 4.74 Å². The first kappa shape index (κ1) is 22.3. The molecule has 0 fully saturated rings. The number of ether oxygens (including phenoxy) is 1. The largest absolute Gasteiger partial charge is 0.502 e. The van der Waals surface area contributed by atoms with Crippen molar-refractivity contribution in [1.29, 1.82) is 0 Å². The molecule has 33 heavy (non-hydrogen) atoms. The number of hydrogen-bond acceptors (Lipinski definition) is 6. The van der Waals surface area contributed by atoms with Crippen LogP contribution in [0, 0.1) is 6.92 Å². The molecule has 1 aliphatic rings. The van der Waals surface area contributed by atoms with Gasteiger partial charge in [0.05, 0.1) is 17.6 Å². The topological polar surface area (TPSA) is 101 Å². The summed E-state index contributed by atoms with van der Waals surface area (Å²) in [5, 5.41) is 10.8. The molecule has 0 saturated carbocycles. The normalized spacial score (nSPS) is 16.2. The van der Waals surface area contributed by atoms with E-state index in [-0.39, 0.29) is 10.5 Å². The zero-order chi connectivity index (χ0) is 23.8. The van der Waals surface area contributed by atoms with Crippen molar-refractivity contribution in [3.63, 3.8) is 0 Å². The minimum absolute atomic E-state index is 0.0338. The number of rotatable bonds is 5. The van der Waals surface area contributed by atoms with Gasteiger partial charge in [0.15, 0.2) is 5.76 Å². The smallest absolute Gasteiger partial charge is 0.337 e. The SMILES string of the molecule is COC(=O)c1ccc(C2C(S(=O)(=O)c3ccc(C)cc3)=C(O)C(=O)N2c2ccccc2)cc1. The summed E-state index contributed by atoms with van der Waals surface area (Å²) in [6.45, 7) is 1.83. The van der Waals surface area contributed by atoms with Crippen LogP contribution >= 0.6 is 0 Å². The zero-order valence-corrected chi connectivity index (χ0v) is 18.7. The Morgan fingerprint density at radius 2 is 1.55 bits per heavy atom. The number of para-hydroxylation sites is 1. The van der Waals surface area contributed by atoms with Crippen LogP contribution < -0.4 is 4.90 Å². The molecule has 1 unspecified atom stereocenters. The highest BCUT2D eigenvalue weighted by molar-refractivity contribution is 7.95. The number of esters is 1. The third kappa shape index (κ3) is 3.89. The number of amides is 1. The van der Waals surface area contributed by atoms with Crippen molar-refractivity contribution in [2.45, 2.75) is 17.9 Å². The maximum absolute atomic E-state index is 13.6. The molecule has 8 heteroatoms. The van der Waals surface area contributed by atoms with E-state index in [0.29, 0.717) is 11.3 Å². The molecule has 7 nitrogen and oxygen atoms in total. The molecule has 1 aliphatic heterocycles. The fourth-order valence-electron chi connectivity index (χ4n) is 3.78. The average Bonchev–Trinajstić information content (AvgIpc) is 3.10. The lowest BCUT2D eigenvalue weighted by Crippen LogP contribution is -2.31. The molecule has 3 aromatic rings. The fourth-order valence-corrected chi connectivity index (χ4v) is 5.40. The van der Waals surface area contributed by atoms with Crippen LogP contribution in [0.2, 0.25) is 0 Å². The van der Waals surface area contributed by atoms with Crippen LogP contribution in [-0.4, -0.2) is 32.5 Å². The standard InChI is InChI=1S/C25H21NO6S/c1-16-8-14-20(15-9-16)33(30,31)23-21(17-10-12-18(13-11-17)25(29)32-2)26(24(28)22(23)27)19-6-4-3-5-7-19/h3-15,21,27H,1-2H3. The van der Waals surface area contributed by atoms with Crippen LogP contribution in [0.5, 0.6) is 0 Å². The minimum atomic E-state index is -4.23. The Morgan fingerprint density at radius 3 is 2.12 bits per heavy atom. The van der Waals surface area contributed by atoms with Crippen molar-refractivity contribution in [2.24, 2.45) is 0 Å². The van der Waals surface area contributed by atoms with Crippen LogP contribution in [0.3, 0.4) is 0 Å². The van der Waals surface area contributed by atoms with Crippen LogP contribution in [0.1, 0.15) is 27.5 Å². The highest BCUT2D eigenvalue weighted by atomic mass is 32.2. The Kier molecular flexibility index (Phi) is 5.78. The van der Waals surface area contributed by atoms with Crippen LogP contribution in [0.4, 0.5) is 5.69 Å². The summed E-state index contributed by atoms with van der Waals surface area (Å²) in [7, 11) is -2.97. The molecule has 0 saturated heterocycles. The molecule has 0 bridgehead atoms. The predicted octanol–water partition coefficient (Wildman–Crippen LogP) is 4.11. The van der Waals surface area contributed by atoms with Crippen molar-refractivity contribution in [3.8, 4) is 0 Å². The number of sulfone groups is 1. The van der Waals surface area contributed by atoms with Gasteiger partial charge >= 0.3 is 5.97 Å². The monoisotopic (exact) mass is 463 g/mol. The number of aliphatic hydroxyl groups excluding tert-OH is 1. The molecule has 0 radical (unpaired) electrons. The van der Waals surface area contributed by atoms with Crippen molar-refractivity contribution in [2.75, 3.05) is 12.0 Å². The molecule has 1 amide bonds. The zero-order valence-electron chi connectivity index (χ0n) is 17.9. The summed E-state index contributed by atoms with van der Waals surface area (Å²) in [5.74, 6) is -2.20. The third-order valence-corrected chi connectivity index (χ3v) is 7.35. The van der Waals surface area contributed by atoms with E-state index in [1.165, 1.54) is 36.3 Å². The molecule has 0 spiro atoms. The second-order valence-corrected chi connectivity index (χ2v) is 9.47. The van der Waals surface area contributed by atoms with Gasteiger partial charge in [-0.05, 0) is 48.9 Å². The first-order chi connectivity index (χ1) is 15.8. The van der Waals surface area contributed by atoms with E-state index in [2.05, 4.69) is 0 Å². The van der Waals surface area contributed by atoms with Gasteiger partial charge in [0.1, 0.15) is 10.9 Å². The number of aliphatic hydroxyl groups is 1. The Morgan fingerprint density at radius 1 is 0.939 bits per heavy atom. The maximum Gasteiger partial charge on any atom is 0.337 e. The van der Waals surface area contributed by atoms with Gasteiger partial charge in [-0.2, -0.15) is 0 Å². The second-order valence-electron chi connectivity index (χ2n) is 7.56. The molecule has 1 heterocycles. The quantitative estimate of drug-likeness (QED) is 0.572. The van der Waals surface area contributed by atoms with Gasteiger partial charge in [-0.15, -0.1) is 0 Å². The van der Waals surface area contributed by atoms with Crippen molar-refractivity contribution in [1.82, 2.24) is 0 Å². The van der Waals surface area contributed by atoms with Crippen molar-refractivity contribution >= 4 is 27.4 Å². The van der Waals surface area contributed by atoms with Gasteiger partial charge in [0.2, 0.25) is 9.84 Å². The number of carbonyl (C=O) groups excluding carboxylic acids is 2. The summed E-state index contributed by atoms with van der Waals surface area (Å²) in [5.41, 5.74) is 1.98. The number of anilines is 1. The van der Waals surface area contributed by atoms with E-state index >= 15 is 0 Å². The van der Waals surface area contributed by atoms with Gasteiger partial charge in [-0.1, -0.05) is 48.0 Å². The molecule has 1 N–H and O–H groups in total. The predicted molar refractivity (Wildman–Crippen MR) is 122 cm³/mol.